The molecular weight excluding hydrogens is 443 g/mol. The first-order valence-electron chi connectivity index (χ1n) is 10.7. The molecule has 2 heterocycles. The van der Waals surface area contributed by atoms with Crippen LogP contribution in [0.3, 0.4) is 0 Å². The van der Waals surface area contributed by atoms with E-state index in [4.69, 9.17) is 16.3 Å². The van der Waals surface area contributed by atoms with Gasteiger partial charge in [-0.1, -0.05) is 23.7 Å². The standard InChI is InChI=1S/C23H25ClF3N3O2/c24-19-4-3-5-20(21(19)23(25,26)27)30-11-9-29(10-12-30)8-1-2-13-32-17-7-6-16-15-28-22(31)18(16)14-17/h3-7,14H,1-2,8-13,15H2,(H,28,31). The van der Waals surface area contributed by atoms with Crippen LogP contribution in [0.5, 0.6) is 5.75 Å². The van der Waals surface area contributed by atoms with Crippen LogP contribution in [0.25, 0.3) is 0 Å². The highest BCUT2D eigenvalue weighted by Crippen LogP contribution is 2.41. The van der Waals surface area contributed by atoms with E-state index in [0.717, 1.165) is 24.9 Å². The van der Waals surface area contributed by atoms with Crippen LogP contribution in [0.15, 0.2) is 36.4 Å². The van der Waals surface area contributed by atoms with E-state index in [1.54, 1.807) is 17.0 Å². The van der Waals surface area contributed by atoms with E-state index in [1.807, 2.05) is 12.1 Å². The zero-order valence-corrected chi connectivity index (χ0v) is 18.3. The highest BCUT2D eigenvalue weighted by atomic mass is 35.5. The number of piperazine rings is 1. The second kappa shape index (κ2) is 9.58. The van der Waals surface area contributed by atoms with Gasteiger partial charge in [0.25, 0.3) is 5.91 Å². The highest BCUT2D eigenvalue weighted by Gasteiger charge is 2.37. The summed E-state index contributed by atoms with van der Waals surface area (Å²) in [5.41, 5.74) is 1.06. The fourth-order valence-corrected chi connectivity index (χ4v) is 4.46. The van der Waals surface area contributed by atoms with E-state index in [0.29, 0.717) is 50.6 Å². The van der Waals surface area contributed by atoms with E-state index in [1.165, 1.54) is 12.1 Å². The molecule has 172 valence electrons. The monoisotopic (exact) mass is 467 g/mol. The average molecular weight is 468 g/mol. The highest BCUT2D eigenvalue weighted by molar-refractivity contribution is 6.31. The Hall–Kier alpha value is -2.45. The summed E-state index contributed by atoms with van der Waals surface area (Å²) in [6.07, 6.45) is -2.69. The van der Waals surface area contributed by atoms with Crippen LogP contribution in [0.4, 0.5) is 18.9 Å². The van der Waals surface area contributed by atoms with Crippen LogP contribution < -0.4 is 15.0 Å². The van der Waals surface area contributed by atoms with Crippen LogP contribution in [0.1, 0.15) is 34.3 Å². The summed E-state index contributed by atoms with van der Waals surface area (Å²) in [6.45, 7) is 4.43. The van der Waals surface area contributed by atoms with Gasteiger partial charge in [0, 0.05) is 38.3 Å². The van der Waals surface area contributed by atoms with Gasteiger partial charge < -0.3 is 15.0 Å². The molecule has 0 bridgehead atoms. The fourth-order valence-electron chi connectivity index (χ4n) is 4.18. The van der Waals surface area contributed by atoms with Crippen molar-refractivity contribution >= 4 is 23.2 Å². The smallest absolute Gasteiger partial charge is 0.419 e. The zero-order valence-electron chi connectivity index (χ0n) is 17.6. The van der Waals surface area contributed by atoms with Crippen molar-refractivity contribution in [3.05, 3.63) is 58.1 Å². The minimum Gasteiger partial charge on any atom is -0.494 e. The number of nitrogens with one attached hydrogen (secondary N) is 1. The topological polar surface area (TPSA) is 44.8 Å². The molecule has 0 aliphatic carbocycles. The van der Waals surface area contributed by atoms with Crippen molar-refractivity contribution in [3.8, 4) is 5.75 Å². The second-order valence-corrected chi connectivity index (χ2v) is 8.42. The van der Waals surface area contributed by atoms with Gasteiger partial charge in [0.05, 0.1) is 22.9 Å². The zero-order chi connectivity index (χ0) is 22.7. The maximum absolute atomic E-state index is 13.4. The molecule has 32 heavy (non-hydrogen) atoms. The molecule has 4 rings (SSSR count). The molecule has 0 atom stereocenters. The minimum absolute atomic E-state index is 0.0651. The Morgan fingerprint density at radius 1 is 1.06 bits per heavy atom. The molecule has 0 radical (unpaired) electrons. The predicted molar refractivity (Wildman–Crippen MR) is 117 cm³/mol. The lowest BCUT2D eigenvalue weighted by molar-refractivity contribution is -0.137. The molecule has 1 amide bonds. The lowest BCUT2D eigenvalue weighted by Gasteiger charge is -2.37. The number of unbranched alkanes of at least 4 members (excludes halogenated alkanes) is 1. The predicted octanol–water partition coefficient (Wildman–Crippen LogP) is 4.58. The summed E-state index contributed by atoms with van der Waals surface area (Å²) in [4.78, 5) is 15.7. The van der Waals surface area contributed by atoms with E-state index in [9.17, 15) is 18.0 Å². The summed E-state index contributed by atoms with van der Waals surface area (Å²) in [5, 5.41) is 2.52. The number of halogens is 4. The number of carbonyl (C=O) groups is 1. The van der Waals surface area contributed by atoms with E-state index < -0.39 is 11.7 Å². The van der Waals surface area contributed by atoms with Gasteiger partial charge in [-0.2, -0.15) is 13.2 Å². The first kappa shape index (κ1) is 22.7. The summed E-state index contributed by atoms with van der Waals surface area (Å²) in [6, 6.07) is 9.90. The third kappa shape index (κ3) is 5.13. The maximum atomic E-state index is 13.4. The van der Waals surface area contributed by atoms with Gasteiger partial charge in [0.1, 0.15) is 5.75 Å². The number of fused-ring (bicyclic) bond motifs is 1. The Kier molecular flexibility index (Phi) is 6.81. The maximum Gasteiger partial charge on any atom is 0.419 e. The molecule has 2 aromatic rings. The van der Waals surface area contributed by atoms with E-state index >= 15 is 0 Å². The molecule has 2 aliphatic heterocycles. The van der Waals surface area contributed by atoms with Crippen LogP contribution >= 0.6 is 11.6 Å². The number of ether oxygens (including phenoxy) is 1. The number of alkyl halides is 3. The lowest BCUT2D eigenvalue weighted by Crippen LogP contribution is -2.47. The minimum atomic E-state index is -4.48. The summed E-state index contributed by atoms with van der Waals surface area (Å²) in [7, 11) is 0. The lowest BCUT2D eigenvalue weighted by atomic mass is 10.1. The number of nitrogens with zero attached hydrogens (tertiary/aromatic N) is 2. The van der Waals surface area contributed by atoms with Crippen LogP contribution in [-0.2, 0) is 12.7 Å². The Morgan fingerprint density at radius 3 is 2.59 bits per heavy atom. The summed E-state index contributed by atoms with van der Waals surface area (Å²) in [5.74, 6) is 0.626. The third-order valence-electron chi connectivity index (χ3n) is 5.89. The largest absolute Gasteiger partial charge is 0.494 e. The molecule has 0 aromatic heterocycles. The van der Waals surface area contributed by atoms with Crippen LogP contribution in [0.2, 0.25) is 5.02 Å². The van der Waals surface area contributed by atoms with Crippen LogP contribution in [-0.4, -0.2) is 50.1 Å². The van der Waals surface area contributed by atoms with E-state index in [2.05, 4.69) is 10.2 Å². The van der Waals surface area contributed by atoms with Gasteiger partial charge in [-0.3, -0.25) is 9.69 Å². The molecule has 0 saturated carbocycles. The van der Waals surface area contributed by atoms with Crippen molar-refractivity contribution < 1.29 is 22.7 Å². The van der Waals surface area contributed by atoms with E-state index in [-0.39, 0.29) is 16.6 Å². The third-order valence-corrected chi connectivity index (χ3v) is 6.21. The number of hydrogen-bond acceptors (Lipinski definition) is 4. The normalized spacial score (nSPS) is 16.8. The molecule has 0 spiro atoms. The van der Waals surface area contributed by atoms with Gasteiger partial charge in [0.15, 0.2) is 0 Å². The Labute approximate surface area is 190 Å². The molecule has 5 nitrogen and oxygen atoms in total. The first-order valence-corrected chi connectivity index (χ1v) is 11.1. The Morgan fingerprint density at radius 2 is 1.84 bits per heavy atom. The number of rotatable bonds is 7. The first-order chi connectivity index (χ1) is 15.3. The van der Waals surface area contributed by atoms with Gasteiger partial charge in [-0.25, -0.2) is 0 Å². The number of amides is 1. The molecule has 1 fully saturated rings. The number of carbonyl (C=O) groups excluding carboxylic acids is 1. The second-order valence-electron chi connectivity index (χ2n) is 8.02. The molecule has 9 heteroatoms. The molecule has 0 unspecified atom stereocenters. The molecule has 1 saturated heterocycles. The Balaban J connectivity index is 1.20. The van der Waals surface area contributed by atoms with Gasteiger partial charge in [0.2, 0.25) is 0 Å². The average Bonchev–Trinajstić information content (AvgIpc) is 3.13. The summed E-state index contributed by atoms with van der Waals surface area (Å²) >= 11 is 5.85. The fraction of sp³-hybridized carbons (Fsp3) is 0.435. The quantitative estimate of drug-likeness (QED) is 0.605. The van der Waals surface area contributed by atoms with Crippen LogP contribution in [0, 0.1) is 0 Å². The van der Waals surface area contributed by atoms with Crippen molar-refractivity contribution in [2.75, 3.05) is 44.2 Å². The van der Waals surface area contributed by atoms with Crippen molar-refractivity contribution in [3.63, 3.8) is 0 Å². The van der Waals surface area contributed by atoms with Crippen molar-refractivity contribution in [1.29, 1.82) is 0 Å². The molecule has 2 aliphatic rings. The van der Waals surface area contributed by atoms with Gasteiger partial charge in [-0.05, 0) is 49.2 Å². The van der Waals surface area contributed by atoms with Crippen molar-refractivity contribution in [2.45, 2.75) is 25.6 Å². The Bertz CT molecular complexity index is 975. The number of hydrogen-bond donors (Lipinski definition) is 1. The number of benzene rings is 2. The summed E-state index contributed by atoms with van der Waals surface area (Å²) < 4.78 is 46.1. The van der Waals surface area contributed by atoms with Gasteiger partial charge >= 0.3 is 6.18 Å². The molecular formula is C23H25ClF3N3O2. The number of anilines is 1. The molecule has 2 aromatic carbocycles. The molecule has 1 N–H and O–H groups in total. The van der Waals surface area contributed by atoms with Gasteiger partial charge in [-0.15, -0.1) is 0 Å². The SMILES string of the molecule is O=C1NCc2ccc(OCCCCN3CCN(c4cccc(Cl)c4C(F)(F)F)CC3)cc21. The van der Waals surface area contributed by atoms with Crippen molar-refractivity contribution in [2.24, 2.45) is 0 Å². The van der Waals surface area contributed by atoms with Crippen molar-refractivity contribution in [1.82, 2.24) is 10.2 Å².